The number of benzene rings is 1. The predicted octanol–water partition coefficient (Wildman–Crippen LogP) is 3.03. The number of hydrogen-bond acceptors (Lipinski definition) is 3. The topological polar surface area (TPSA) is 54.5 Å². The Labute approximate surface area is 109 Å². The van der Waals surface area contributed by atoms with E-state index in [2.05, 4.69) is 20.2 Å². The summed E-state index contributed by atoms with van der Waals surface area (Å²) in [7, 11) is 0. The molecule has 2 aromatic heterocycles. The third-order valence-corrected chi connectivity index (χ3v) is 3.02. The first-order chi connectivity index (χ1) is 9.19. The number of nitrogens with zero attached hydrogens (tertiary/aromatic N) is 3. The Morgan fingerprint density at radius 1 is 1.26 bits per heavy atom. The maximum atomic E-state index is 14.1. The van der Waals surface area contributed by atoms with E-state index in [0.717, 1.165) is 11.3 Å². The second-order valence-corrected chi connectivity index (χ2v) is 4.46. The Morgan fingerprint density at radius 2 is 2.11 bits per heavy atom. The van der Waals surface area contributed by atoms with E-state index in [0.29, 0.717) is 28.8 Å². The van der Waals surface area contributed by atoms with Crippen LogP contribution in [0.3, 0.4) is 0 Å². The van der Waals surface area contributed by atoms with Crippen molar-refractivity contribution in [3.05, 3.63) is 41.6 Å². The van der Waals surface area contributed by atoms with Crippen molar-refractivity contribution in [1.29, 1.82) is 0 Å². The minimum Gasteiger partial charge on any atom is -0.276 e. The molecule has 1 aromatic carbocycles. The van der Waals surface area contributed by atoms with Gasteiger partial charge in [-0.3, -0.25) is 5.10 Å². The SMILES string of the molecule is CCc1nc(-c2ccn[nH]2)c2cc(C)cc(F)c2n1. The molecular formula is C14H13FN4. The standard InChI is InChI=1S/C14H13FN4/c1-3-12-17-13-9(6-8(2)7-10(13)15)14(18-12)11-4-5-16-19-11/h4-7H,3H2,1-2H3,(H,16,19). The van der Waals surface area contributed by atoms with Crippen LogP contribution in [0, 0.1) is 12.7 Å². The number of aromatic nitrogens is 4. The number of aryl methyl sites for hydroxylation is 2. The van der Waals surface area contributed by atoms with Crippen molar-refractivity contribution < 1.29 is 4.39 Å². The molecule has 0 aliphatic heterocycles. The van der Waals surface area contributed by atoms with E-state index in [1.165, 1.54) is 6.07 Å². The summed E-state index contributed by atoms with van der Waals surface area (Å²) in [6.45, 7) is 3.80. The molecular weight excluding hydrogens is 243 g/mol. The smallest absolute Gasteiger partial charge is 0.149 e. The van der Waals surface area contributed by atoms with Gasteiger partial charge in [0.1, 0.15) is 17.2 Å². The van der Waals surface area contributed by atoms with Crippen LogP contribution in [-0.2, 0) is 6.42 Å². The molecule has 0 fully saturated rings. The van der Waals surface area contributed by atoms with Crippen LogP contribution >= 0.6 is 0 Å². The molecule has 0 spiro atoms. The van der Waals surface area contributed by atoms with Gasteiger partial charge in [0.25, 0.3) is 0 Å². The van der Waals surface area contributed by atoms with Crippen molar-refractivity contribution in [1.82, 2.24) is 20.2 Å². The fraction of sp³-hybridized carbons (Fsp3) is 0.214. The number of H-pyrrole nitrogens is 1. The Morgan fingerprint density at radius 3 is 2.79 bits per heavy atom. The minimum absolute atomic E-state index is 0.312. The van der Waals surface area contributed by atoms with Crippen molar-refractivity contribution >= 4 is 10.9 Å². The molecule has 0 atom stereocenters. The van der Waals surface area contributed by atoms with Gasteiger partial charge in [0.2, 0.25) is 0 Å². The Balaban J connectivity index is 2.41. The zero-order valence-corrected chi connectivity index (χ0v) is 10.7. The van der Waals surface area contributed by atoms with Gasteiger partial charge in [0, 0.05) is 18.0 Å². The summed E-state index contributed by atoms with van der Waals surface area (Å²) in [4.78, 5) is 8.78. The highest BCUT2D eigenvalue weighted by molar-refractivity contribution is 5.92. The van der Waals surface area contributed by atoms with Gasteiger partial charge in [-0.1, -0.05) is 6.92 Å². The molecule has 0 saturated carbocycles. The average molecular weight is 256 g/mol. The summed E-state index contributed by atoms with van der Waals surface area (Å²) in [5.41, 5.74) is 2.68. The van der Waals surface area contributed by atoms with Crippen LogP contribution in [0.4, 0.5) is 4.39 Å². The fourth-order valence-electron chi connectivity index (χ4n) is 2.12. The van der Waals surface area contributed by atoms with E-state index in [-0.39, 0.29) is 5.82 Å². The van der Waals surface area contributed by atoms with E-state index >= 15 is 0 Å². The van der Waals surface area contributed by atoms with Crippen molar-refractivity contribution in [2.75, 3.05) is 0 Å². The van der Waals surface area contributed by atoms with Crippen LogP contribution in [0.1, 0.15) is 18.3 Å². The fourth-order valence-corrected chi connectivity index (χ4v) is 2.12. The molecule has 3 rings (SSSR count). The van der Waals surface area contributed by atoms with Gasteiger partial charge in [-0.15, -0.1) is 0 Å². The summed E-state index contributed by atoms with van der Waals surface area (Å²) < 4.78 is 14.1. The molecule has 5 heteroatoms. The van der Waals surface area contributed by atoms with Gasteiger partial charge in [-0.25, -0.2) is 14.4 Å². The third-order valence-electron chi connectivity index (χ3n) is 3.02. The highest BCUT2D eigenvalue weighted by Crippen LogP contribution is 2.27. The van der Waals surface area contributed by atoms with Gasteiger partial charge >= 0.3 is 0 Å². The number of nitrogens with one attached hydrogen (secondary N) is 1. The van der Waals surface area contributed by atoms with Crippen LogP contribution in [0.2, 0.25) is 0 Å². The second-order valence-electron chi connectivity index (χ2n) is 4.46. The van der Waals surface area contributed by atoms with E-state index in [9.17, 15) is 4.39 Å². The zero-order chi connectivity index (χ0) is 13.4. The normalized spacial score (nSPS) is 11.1. The van der Waals surface area contributed by atoms with Crippen LogP contribution in [0.25, 0.3) is 22.3 Å². The molecule has 19 heavy (non-hydrogen) atoms. The van der Waals surface area contributed by atoms with Crippen molar-refractivity contribution in [2.24, 2.45) is 0 Å². The molecule has 0 radical (unpaired) electrons. The van der Waals surface area contributed by atoms with Gasteiger partial charge in [-0.2, -0.15) is 5.10 Å². The van der Waals surface area contributed by atoms with E-state index in [4.69, 9.17) is 0 Å². The number of fused-ring (bicyclic) bond motifs is 1. The maximum Gasteiger partial charge on any atom is 0.149 e. The van der Waals surface area contributed by atoms with Gasteiger partial charge in [0.05, 0.1) is 11.4 Å². The summed E-state index contributed by atoms with van der Waals surface area (Å²) in [5.74, 6) is 0.313. The first kappa shape index (κ1) is 11.8. The number of rotatable bonds is 2. The van der Waals surface area contributed by atoms with Crippen molar-refractivity contribution in [3.63, 3.8) is 0 Å². The van der Waals surface area contributed by atoms with Crippen LogP contribution < -0.4 is 0 Å². The first-order valence-electron chi connectivity index (χ1n) is 6.15. The summed E-state index contributed by atoms with van der Waals surface area (Å²) in [6, 6.07) is 5.21. The van der Waals surface area contributed by atoms with Gasteiger partial charge < -0.3 is 0 Å². The molecule has 0 aliphatic rings. The lowest BCUT2D eigenvalue weighted by Gasteiger charge is -2.08. The molecule has 0 unspecified atom stereocenters. The molecule has 0 aliphatic carbocycles. The molecule has 96 valence electrons. The zero-order valence-electron chi connectivity index (χ0n) is 10.7. The average Bonchev–Trinajstić information content (AvgIpc) is 2.91. The van der Waals surface area contributed by atoms with Crippen LogP contribution in [-0.4, -0.2) is 20.2 Å². The monoisotopic (exact) mass is 256 g/mol. The van der Waals surface area contributed by atoms with E-state index in [1.54, 1.807) is 6.20 Å². The summed E-state index contributed by atoms with van der Waals surface area (Å²) in [6.07, 6.45) is 2.31. The molecule has 2 heterocycles. The Hall–Kier alpha value is -2.30. The highest BCUT2D eigenvalue weighted by Gasteiger charge is 2.13. The van der Waals surface area contributed by atoms with E-state index in [1.807, 2.05) is 26.0 Å². The lowest BCUT2D eigenvalue weighted by atomic mass is 10.1. The predicted molar refractivity (Wildman–Crippen MR) is 71.2 cm³/mol. The highest BCUT2D eigenvalue weighted by atomic mass is 19.1. The molecule has 0 bridgehead atoms. The van der Waals surface area contributed by atoms with Crippen molar-refractivity contribution in [2.45, 2.75) is 20.3 Å². The summed E-state index contributed by atoms with van der Waals surface area (Å²) >= 11 is 0. The maximum absolute atomic E-state index is 14.1. The minimum atomic E-state index is -0.312. The van der Waals surface area contributed by atoms with Crippen LogP contribution in [0.5, 0.6) is 0 Å². The molecule has 1 N–H and O–H groups in total. The van der Waals surface area contributed by atoms with Crippen LogP contribution in [0.15, 0.2) is 24.4 Å². The molecule has 3 aromatic rings. The largest absolute Gasteiger partial charge is 0.276 e. The van der Waals surface area contributed by atoms with E-state index < -0.39 is 0 Å². The lowest BCUT2D eigenvalue weighted by Crippen LogP contribution is -1.99. The third kappa shape index (κ3) is 1.97. The number of aromatic amines is 1. The number of halogens is 1. The quantitative estimate of drug-likeness (QED) is 0.766. The van der Waals surface area contributed by atoms with Gasteiger partial charge in [-0.05, 0) is 30.7 Å². The summed E-state index contributed by atoms with van der Waals surface area (Å²) in [5, 5.41) is 7.51. The lowest BCUT2D eigenvalue weighted by molar-refractivity contribution is 0.634. The molecule has 4 nitrogen and oxygen atoms in total. The number of hydrogen-bond donors (Lipinski definition) is 1. The molecule has 0 amide bonds. The Bertz CT molecular complexity index is 735. The second kappa shape index (κ2) is 4.42. The van der Waals surface area contributed by atoms with Crippen molar-refractivity contribution in [3.8, 4) is 11.4 Å². The Kier molecular flexibility index (Phi) is 2.74. The first-order valence-corrected chi connectivity index (χ1v) is 6.15. The van der Waals surface area contributed by atoms with Gasteiger partial charge in [0.15, 0.2) is 0 Å². The molecule has 0 saturated heterocycles.